The zero-order chi connectivity index (χ0) is 17.1. The Bertz CT molecular complexity index is 841. The van der Waals surface area contributed by atoms with Gasteiger partial charge >= 0.3 is 0 Å². The summed E-state index contributed by atoms with van der Waals surface area (Å²) in [6.07, 6.45) is 5.35. The van der Waals surface area contributed by atoms with E-state index in [1.54, 1.807) is 17.1 Å². The zero-order valence-electron chi connectivity index (χ0n) is 13.5. The number of benzene rings is 1. The number of anilines is 1. The number of hydrogen-bond acceptors (Lipinski definition) is 3. The van der Waals surface area contributed by atoms with E-state index >= 15 is 0 Å². The number of nitrogens with one attached hydrogen (secondary N) is 1. The van der Waals surface area contributed by atoms with E-state index in [0.29, 0.717) is 6.54 Å². The molecule has 0 fully saturated rings. The lowest BCUT2D eigenvalue weighted by atomic mass is 10.2. The molecule has 7 heteroatoms. The number of carbonyl (C=O) groups is 1. The topological polar surface area (TPSA) is 64.7 Å². The minimum Gasteiger partial charge on any atom is -0.324 e. The standard InChI is InChI=1S/C17H18BrN5O/c1-12-16(18)10-20-23(12)13(2)17(24)21-15-6-3-5-14(9-15)11-22-8-4-7-19-22/h3-10,13H,11H2,1-2H3,(H,21,24). The predicted octanol–water partition coefficient (Wildman–Crippen LogP) is 3.40. The van der Waals surface area contributed by atoms with Crippen LogP contribution in [-0.2, 0) is 11.3 Å². The van der Waals surface area contributed by atoms with E-state index in [1.165, 1.54) is 0 Å². The van der Waals surface area contributed by atoms with E-state index < -0.39 is 6.04 Å². The van der Waals surface area contributed by atoms with Crippen molar-refractivity contribution in [2.45, 2.75) is 26.4 Å². The van der Waals surface area contributed by atoms with Gasteiger partial charge in [-0.25, -0.2) is 0 Å². The summed E-state index contributed by atoms with van der Waals surface area (Å²) in [6, 6.07) is 9.26. The van der Waals surface area contributed by atoms with E-state index in [9.17, 15) is 4.79 Å². The second-order valence-corrected chi connectivity index (χ2v) is 6.45. The monoisotopic (exact) mass is 387 g/mol. The summed E-state index contributed by atoms with van der Waals surface area (Å²) in [5.41, 5.74) is 2.76. The first-order valence-electron chi connectivity index (χ1n) is 7.61. The van der Waals surface area contributed by atoms with Crippen LogP contribution in [0.25, 0.3) is 0 Å². The molecule has 124 valence electrons. The lowest BCUT2D eigenvalue weighted by molar-refractivity contribution is -0.119. The van der Waals surface area contributed by atoms with Crippen molar-refractivity contribution in [1.29, 1.82) is 0 Å². The van der Waals surface area contributed by atoms with Gasteiger partial charge in [0.1, 0.15) is 6.04 Å². The predicted molar refractivity (Wildman–Crippen MR) is 95.8 cm³/mol. The van der Waals surface area contributed by atoms with Crippen LogP contribution in [-0.4, -0.2) is 25.5 Å². The highest BCUT2D eigenvalue weighted by Gasteiger charge is 2.18. The summed E-state index contributed by atoms with van der Waals surface area (Å²) >= 11 is 3.41. The van der Waals surface area contributed by atoms with Gasteiger partial charge in [-0.05, 0) is 53.5 Å². The van der Waals surface area contributed by atoms with Gasteiger partial charge in [-0.15, -0.1) is 0 Å². The molecule has 0 aliphatic rings. The van der Waals surface area contributed by atoms with Crippen molar-refractivity contribution in [3.63, 3.8) is 0 Å². The van der Waals surface area contributed by atoms with Crippen LogP contribution in [0.2, 0.25) is 0 Å². The van der Waals surface area contributed by atoms with Crippen LogP contribution in [0.5, 0.6) is 0 Å². The molecule has 1 atom stereocenters. The molecule has 1 amide bonds. The SMILES string of the molecule is Cc1c(Br)cnn1C(C)C(=O)Nc1cccc(Cn2cccn2)c1. The van der Waals surface area contributed by atoms with Gasteiger partial charge in [0.15, 0.2) is 0 Å². The fourth-order valence-electron chi connectivity index (χ4n) is 2.48. The van der Waals surface area contributed by atoms with E-state index in [4.69, 9.17) is 0 Å². The van der Waals surface area contributed by atoms with E-state index in [2.05, 4.69) is 31.4 Å². The largest absolute Gasteiger partial charge is 0.324 e. The highest BCUT2D eigenvalue weighted by atomic mass is 79.9. The van der Waals surface area contributed by atoms with Crippen molar-refractivity contribution in [1.82, 2.24) is 19.6 Å². The van der Waals surface area contributed by atoms with Gasteiger partial charge in [-0.1, -0.05) is 12.1 Å². The van der Waals surface area contributed by atoms with E-state index in [0.717, 1.165) is 21.4 Å². The first-order valence-corrected chi connectivity index (χ1v) is 8.41. The van der Waals surface area contributed by atoms with Crippen LogP contribution in [0.1, 0.15) is 24.2 Å². The van der Waals surface area contributed by atoms with Gasteiger partial charge in [0.2, 0.25) is 5.91 Å². The van der Waals surface area contributed by atoms with Crippen molar-refractivity contribution in [2.75, 3.05) is 5.32 Å². The van der Waals surface area contributed by atoms with Crippen molar-refractivity contribution >= 4 is 27.5 Å². The third kappa shape index (κ3) is 3.56. The third-order valence-electron chi connectivity index (χ3n) is 3.83. The summed E-state index contributed by atoms with van der Waals surface area (Å²) in [4.78, 5) is 12.5. The first kappa shape index (κ1) is 16.4. The summed E-state index contributed by atoms with van der Waals surface area (Å²) in [7, 11) is 0. The highest BCUT2D eigenvalue weighted by Crippen LogP contribution is 2.20. The van der Waals surface area contributed by atoms with Gasteiger partial charge in [0.25, 0.3) is 0 Å². The molecular weight excluding hydrogens is 370 g/mol. The Kier molecular flexibility index (Phi) is 4.80. The van der Waals surface area contributed by atoms with Crippen molar-refractivity contribution in [3.05, 3.63) is 64.7 Å². The number of nitrogens with zero attached hydrogens (tertiary/aromatic N) is 4. The molecule has 1 unspecified atom stereocenters. The summed E-state index contributed by atoms with van der Waals surface area (Å²) in [5, 5.41) is 11.4. The Labute approximate surface area is 148 Å². The van der Waals surface area contributed by atoms with Gasteiger partial charge in [-0.3, -0.25) is 14.2 Å². The molecule has 1 N–H and O–H groups in total. The Morgan fingerprint density at radius 3 is 2.83 bits per heavy atom. The van der Waals surface area contributed by atoms with Crippen LogP contribution < -0.4 is 5.32 Å². The van der Waals surface area contributed by atoms with E-state index in [-0.39, 0.29) is 5.91 Å². The Balaban J connectivity index is 1.71. The molecule has 0 saturated heterocycles. The lowest BCUT2D eigenvalue weighted by Gasteiger charge is -2.15. The molecule has 24 heavy (non-hydrogen) atoms. The van der Waals surface area contributed by atoms with Crippen LogP contribution in [0.4, 0.5) is 5.69 Å². The zero-order valence-corrected chi connectivity index (χ0v) is 15.1. The molecule has 0 radical (unpaired) electrons. The highest BCUT2D eigenvalue weighted by molar-refractivity contribution is 9.10. The summed E-state index contributed by atoms with van der Waals surface area (Å²) in [5.74, 6) is -0.107. The minimum absolute atomic E-state index is 0.107. The molecule has 3 aromatic rings. The average Bonchev–Trinajstić information content (AvgIpc) is 3.18. The molecule has 0 aliphatic heterocycles. The maximum Gasteiger partial charge on any atom is 0.248 e. The second kappa shape index (κ2) is 7.00. The number of halogens is 1. The van der Waals surface area contributed by atoms with Gasteiger partial charge in [0.05, 0.1) is 22.9 Å². The number of amides is 1. The lowest BCUT2D eigenvalue weighted by Crippen LogP contribution is -2.25. The molecule has 0 spiro atoms. The Hall–Kier alpha value is -2.41. The Morgan fingerprint density at radius 2 is 2.17 bits per heavy atom. The fraction of sp³-hybridized carbons (Fsp3) is 0.235. The van der Waals surface area contributed by atoms with Crippen LogP contribution >= 0.6 is 15.9 Å². The second-order valence-electron chi connectivity index (χ2n) is 5.59. The normalized spacial score (nSPS) is 12.1. The van der Waals surface area contributed by atoms with Crippen LogP contribution in [0, 0.1) is 6.92 Å². The molecule has 0 saturated carbocycles. The number of hydrogen-bond donors (Lipinski definition) is 1. The molecule has 1 aromatic carbocycles. The Morgan fingerprint density at radius 1 is 1.33 bits per heavy atom. The summed E-state index contributed by atoms with van der Waals surface area (Å²) in [6.45, 7) is 4.42. The molecule has 6 nitrogen and oxygen atoms in total. The number of carbonyl (C=O) groups excluding carboxylic acids is 1. The van der Waals surface area contributed by atoms with Crippen molar-refractivity contribution in [3.8, 4) is 0 Å². The fourth-order valence-corrected chi connectivity index (χ4v) is 2.75. The van der Waals surface area contributed by atoms with Crippen LogP contribution in [0.15, 0.2) is 53.4 Å². The summed E-state index contributed by atoms with van der Waals surface area (Å²) < 4.78 is 4.43. The first-order chi connectivity index (χ1) is 11.5. The molecular formula is C17H18BrN5O. The molecule has 2 aromatic heterocycles. The molecule has 3 rings (SSSR count). The third-order valence-corrected chi connectivity index (χ3v) is 4.61. The van der Waals surface area contributed by atoms with E-state index in [1.807, 2.05) is 55.1 Å². The average molecular weight is 388 g/mol. The molecule has 0 bridgehead atoms. The number of aromatic nitrogens is 4. The smallest absolute Gasteiger partial charge is 0.248 e. The number of rotatable bonds is 5. The molecule has 0 aliphatic carbocycles. The van der Waals surface area contributed by atoms with Gasteiger partial charge < -0.3 is 5.32 Å². The van der Waals surface area contributed by atoms with Gasteiger partial charge in [0, 0.05) is 18.1 Å². The van der Waals surface area contributed by atoms with Crippen LogP contribution in [0.3, 0.4) is 0 Å². The minimum atomic E-state index is -0.397. The maximum absolute atomic E-state index is 12.5. The van der Waals surface area contributed by atoms with Crippen molar-refractivity contribution in [2.24, 2.45) is 0 Å². The maximum atomic E-state index is 12.5. The van der Waals surface area contributed by atoms with Crippen molar-refractivity contribution < 1.29 is 4.79 Å². The quantitative estimate of drug-likeness (QED) is 0.729. The molecule has 2 heterocycles. The van der Waals surface area contributed by atoms with Gasteiger partial charge in [-0.2, -0.15) is 10.2 Å².